The molecule has 1 aliphatic rings. The Morgan fingerprint density at radius 3 is 2.62 bits per heavy atom. The third-order valence-electron chi connectivity index (χ3n) is 5.43. The van der Waals surface area contributed by atoms with Crippen LogP contribution in [0.25, 0.3) is 0 Å². The van der Waals surface area contributed by atoms with Crippen molar-refractivity contribution >= 4 is 17.2 Å². The lowest BCUT2D eigenvalue weighted by Crippen LogP contribution is -2.24. The van der Waals surface area contributed by atoms with Gasteiger partial charge in [-0.1, -0.05) is 31.4 Å². The number of aliphatic hydroxyl groups excluding tert-OH is 1. The number of methoxy groups -OCH3 is 1. The van der Waals surface area contributed by atoms with Gasteiger partial charge in [0.2, 0.25) is 0 Å². The number of aromatic nitrogens is 1. The molecule has 0 unspecified atom stereocenters. The van der Waals surface area contributed by atoms with Crippen molar-refractivity contribution in [2.24, 2.45) is 0 Å². The van der Waals surface area contributed by atoms with Crippen molar-refractivity contribution in [3.63, 3.8) is 0 Å². The fraction of sp³-hybridized carbons (Fsp3) is 0.478. The molecule has 1 aromatic carbocycles. The summed E-state index contributed by atoms with van der Waals surface area (Å²) in [5.74, 6) is 1.61. The quantitative estimate of drug-likeness (QED) is 0.441. The molecular weight excluding hydrogens is 364 g/mol. The van der Waals surface area contributed by atoms with Gasteiger partial charge in [-0.3, -0.25) is 0 Å². The van der Waals surface area contributed by atoms with Crippen molar-refractivity contribution in [1.82, 2.24) is 4.98 Å². The van der Waals surface area contributed by atoms with Gasteiger partial charge in [0.15, 0.2) is 0 Å². The van der Waals surface area contributed by atoms with E-state index in [0.29, 0.717) is 31.1 Å². The molecule has 1 heterocycles. The first-order valence-corrected chi connectivity index (χ1v) is 10.5. The predicted molar refractivity (Wildman–Crippen MR) is 118 cm³/mol. The Bertz CT molecular complexity index is 786. The third kappa shape index (κ3) is 5.94. The van der Waals surface area contributed by atoms with E-state index < -0.39 is 0 Å². The highest BCUT2D eigenvalue weighted by Crippen LogP contribution is 2.28. The molecule has 1 fully saturated rings. The van der Waals surface area contributed by atoms with E-state index in [2.05, 4.69) is 15.6 Å². The maximum Gasteiger partial charge on any atom is 0.137 e. The normalized spacial score (nSPS) is 14.4. The summed E-state index contributed by atoms with van der Waals surface area (Å²) >= 11 is 0. The second-order valence-corrected chi connectivity index (χ2v) is 7.57. The van der Waals surface area contributed by atoms with Crippen molar-refractivity contribution < 1.29 is 9.84 Å². The average Bonchev–Trinajstić information content (AvgIpc) is 2.77. The molecule has 29 heavy (non-hydrogen) atoms. The molecule has 0 spiro atoms. The number of rotatable bonds is 10. The molecule has 0 aliphatic heterocycles. The second kappa shape index (κ2) is 10.8. The standard InChI is InChI=1S/C23H32N4O2/c1-29-19-11-9-17(10-12-19)16-26-21-13-14-25-23(22(21)20(24)8-5-15-28)27-18-6-3-2-4-7-18/h9-14,18,24,28H,2-8,15-16H2,1H3,(H2,25,26,27). The fourth-order valence-corrected chi connectivity index (χ4v) is 3.79. The largest absolute Gasteiger partial charge is 0.497 e. The molecule has 156 valence electrons. The zero-order valence-corrected chi connectivity index (χ0v) is 17.2. The molecule has 3 rings (SSSR count). The van der Waals surface area contributed by atoms with E-state index in [9.17, 15) is 5.11 Å². The summed E-state index contributed by atoms with van der Waals surface area (Å²) in [6.45, 7) is 0.736. The topological polar surface area (TPSA) is 90.3 Å². The Hall–Kier alpha value is -2.60. The van der Waals surface area contributed by atoms with E-state index in [1.165, 1.54) is 19.3 Å². The Morgan fingerprint density at radius 1 is 1.17 bits per heavy atom. The smallest absolute Gasteiger partial charge is 0.137 e. The number of aliphatic hydroxyl groups is 1. The van der Waals surface area contributed by atoms with Crippen molar-refractivity contribution in [2.45, 2.75) is 57.5 Å². The van der Waals surface area contributed by atoms with E-state index in [1.807, 2.05) is 30.3 Å². The summed E-state index contributed by atoms with van der Waals surface area (Å²) in [6.07, 6.45) is 8.98. The first kappa shape index (κ1) is 21.1. The number of nitrogens with zero attached hydrogens (tertiary/aromatic N) is 1. The van der Waals surface area contributed by atoms with E-state index in [1.54, 1.807) is 13.3 Å². The molecule has 0 radical (unpaired) electrons. The highest BCUT2D eigenvalue weighted by atomic mass is 16.5. The zero-order valence-electron chi connectivity index (χ0n) is 17.2. The van der Waals surface area contributed by atoms with E-state index in [4.69, 9.17) is 10.1 Å². The summed E-state index contributed by atoms with van der Waals surface area (Å²) < 4.78 is 5.22. The van der Waals surface area contributed by atoms with Crippen LogP contribution in [-0.4, -0.2) is 35.6 Å². The van der Waals surface area contributed by atoms with Crippen LogP contribution in [0.2, 0.25) is 0 Å². The first-order valence-electron chi connectivity index (χ1n) is 10.5. The minimum atomic E-state index is 0.0860. The monoisotopic (exact) mass is 396 g/mol. The maximum absolute atomic E-state index is 9.20. The molecular formula is C23H32N4O2. The highest BCUT2D eigenvalue weighted by Gasteiger charge is 2.19. The van der Waals surface area contributed by atoms with Crippen LogP contribution in [0.5, 0.6) is 5.75 Å². The van der Waals surface area contributed by atoms with E-state index in [0.717, 1.165) is 41.2 Å². The number of nitrogens with one attached hydrogen (secondary N) is 3. The number of pyridine rings is 1. The van der Waals surface area contributed by atoms with Crippen LogP contribution < -0.4 is 15.4 Å². The molecule has 1 saturated carbocycles. The van der Waals surface area contributed by atoms with Gasteiger partial charge >= 0.3 is 0 Å². The first-order chi connectivity index (χ1) is 14.2. The fourth-order valence-electron chi connectivity index (χ4n) is 3.79. The summed E-state index contributed by atoms with van der Waals surface area (Å²) in [5, 5.41) is 24.9. The predicted octanol–water partition coefficient (Wildman–Crippen LogP) is 4.59. The van der Waals surface area contributed by atoms with Crippen molar-refractivity contribution in [2.75, 3.05) is 24.4 Å². The van der Waals surface area contributed by atoms with Gasteiger partial charge in [-0.05, 0) is 49.4 Å². The third-order valence-corrected chi connectivity index (χ3v) is 5.43. The van der Waals surface area contributed by atoms with Crippen molar-refractivity contribution in [3.8, 4) is 5.75 Å². The van der Waals surface area contributed by atoms with Gasteiger partial charge in [-0.15, -0.1) is 0 Å². The molecule has 2 aromatic rings. The zero-order chi connectivity index (χ0) is 20.5. The molecule has 0 saturated heterocycles. The molecule has 4 N–H and O–H groups in total. The Balaban J connectivity index is 1.79. The van der Waals surface area contributed by atoms with Crippen LogP contribution in [0.3, 0.4) is 0 Å². The molecule has 0 amide bonds. The summed E-state index contributed by atoms with van der Waals surface area (Å²) in [5.41, 5.74) is 3.36. The van der Waals surface area contributed by atoms with Crippen LogP contribution in [0.15, 0.2) is 36.5 Å². The van der Waals surface area contributed by atoms with Gasteiger partial charge < -0.3 is 25.9 Å². The maximum atomic E-state index is 9.20. The number of ether oxygens (including phenoxy) is 1. The SMILES string of the molecule is COc1ccc(CNc2ccnc(NC3CCCCC3)c2C(=N)CCCO)cc1. The number of hydrogen-bond donors (Lipinski definition) is 4. The molecule has 1 aliphatic carbocycles. The van der Waals surface area contributed by atoms with Gasteiger partial charge in [0, 0.05) is 36.8 Å². The summed E-state index contributed by atoms with van der Waals surface area (Å²) in [7, 11) is 1.66. The van der Waals surface area contributed by atoms with Crippen LogP contribution in [0.4, 0.5) is 11.5 Å². The summed E-state index contributed by atoms with van der Waals surface area (Å²) in [6, 6.07) is 10.3. The van der Waals surface area contributed by atoms with Crippen LogP contribution >= 0.6 is 0 Å². The minimum Gasteiger partial charge on any atom is -0.497 e. The molecule has 1 aromatic heterocycles. The molecule has 6 heteroatoms. The van der Waals surface area contributed by atoms with Gasteiger partial charge in [-0.25, -0.2) is 4.98 Å². The lowest BCUT2D eigenvalue weighted by Gasteiger charge is -2.25. The van der Waals surface area contributed by atoms with Crippen LogP contribution in [0.1, 0.15) is 56.1 Å². The van der Waals surface area contributed by atoms with Gasteiger partial charge in [0.1, 0.15) is 11.6 Å². The van der Waals surface area contributed by atoms with Gasteiger partial charge in [0.05, 0.1) is 12.7 Å². The second-order valence-electron chi connectivity index (χ2n) is 7.57. The van der Waals surface area contributed by atoms with Gasteiger partial charge in [-0.2, -0.15) is 0 Å². The Kier molecular flexibility index (Phi) is 7.87. The van der Waals surface area contributed by atoms with Crippen LogP contribution in [0, 0.1) is 5.41 Å². The number of hydrogen-bond acceptors (Lipinski definition) is 6. The molecule has 0 bridgehead atoms. The van der Waals surface area contributed by atoms with Crippen molar-refractivity contribution in [1.29, 1.82) is 5.41 Å². The van der Waals surface area contributed by atoms with Crippen molar-refractivity contribution in [3.05, 3.63) is 47.7 Å². The average molecular weight is 397 g/mol. The van der Waals surface area contributed by atoms with Crippen LogP contribution in [-0.2, 0) is 6.54 Å². The van der Waals surface area contributed by atoms with Gasteiger partial charge in [0.25, 0.3) is 0 Å². The summed E-state index contributed by atoms with van der Waals surface area (Å²) in [4.78, 5) is 4.57. The molecule has 6 nitrogen and oxygen atoms in total. The number of anilines is 2. The number of benzene rings is 1. The minimum absolute atomic E-state index is 0.0860. The lowest BCUT2D eigenvalue weighted by atomic mass is 9.95. The lowest BCUT2D eigenvalue weighted by molar-refractivity contribution is 0.291. The Labute approximate surface area is 173 Å². The van der Waals surface area contributed by atoms with E-state index >= 15 is 0 Å². The van der Waals surface area contributed by atoms with E-state index in [-0.39, 0.29) is 6.61 Å². The molecule has 0 atom stereocenters. The highest BCUT2D eigenvalue weighted by molar-refractivity contribution is 6.07. The Morgan fingerprint density at radius 2 is 1.93 bits per heavy atom.